The molecule has 0 bridgehead atoms. The number of carbonyl (C=O) groups excluding carboxylic acids is 1. The lowest BCUT2D eigenvalue weighted by Gasteiger charge is -2.14. The molecule has 0 aliphatic rings. The quantitative estimate of drug-likeness (QED) is 0.758. The highest BCUT2D eigenvalue weighted by Crippen LogP contribution is 2.07. The number of aromatic nitrogens is 1. The molecule has 0 fully saturated rings. The maximum atomic E-state index is 11.4. The van der Waals surface area contributed by atoms with E-state index in [0.29, 0.717) is 18.1 Å². The van der Waals surface area contributed by atoms with Crippen LogP contribution in [0.5, 0.6) is 0 Å². The van der Waals surface area contributed by atoms with E-state index in [2.05, 4.69) is 10.3 Å². The van der Waals surface area contributed by atoms with Crippen molar-refractivity contribution in [1.82, 2.24) is 9.88 Å². The summed E-state index contributed by atoms with van der Waals surface area (Å²) in [7, 11) is 1.76. The van der Waals surface area contributed by atoms with Gasteiger partial charge >= 0.3 is 0 Å². The molecule has 3 N–H and O–H groups in total. The number of hydrogen-bond acceptors (Lipinski definition) is 4. The van der Waals surface area contributed by atoms with Gasteiger partial charge in [-0.25, -0.2) is 4.98 Å². The first-order valence-corrected chi connectivity index (χ1v) is 4.83. The Morgan fingerprint density at radius 3 is 3.00 bits per heavy atom. The number of likely N-dealkylation sites (N-methyl/N-ethyl adjacent to an activating group) is 1. The van der Waals surface area contributed by atoms with Crippen LogP contribution in [0, 0.1) is 0 Å². The number of amides is 1. The predicted molar refractivity (Wildman–Crippen MR) is 60.5 cm³/mol. The predicted octanol–water partition coefficient (Wildman–Crippen LogP) is 0.554. The molecule has 5 nitrogen and oxygen atoms in total. The molecule has 0 saturated carbocycles. The van der Waals surface area contributed by atoms with Gasteiger partial charge in [-0.1, -0.05) is 0 Å². The van der Waals surface area contributed by atoms with Crippen LogP contribution >= 0.6 is 0 Å². The van der Waals surface area contributed by atoms with Crippen molar-refractivity contribution in [2.45, 2.75) is 6.92 Å². The van der Waals surface area contributed by atoms with Crippen molar-refractivity contribution in [3.63, 3.8) is 0 Å². The molecule has 0 aromatic carbocycles. The third-order valence-corrected chi connectivity index (χ3v) is 2.10. The molecule has 1 aromatic heterocycles. The minimum atomic E-state index is 0.0294. The zero-order valence-corrected chi connectivity index (χ0v) is 9.03. The summed E-state index contributed by atoms with van der Waals surface area (Å²) in [4.78, 5) is 17.1. The molecular formula is C10H16N4O. The Bertz CT molecular complexity index is 340. The fraction of sp³-hybridized carbons (Fsp3) is 0.400. The average molecular weight is 208 g/mol. The highest BCUT2D eigenvalue weighted by atomic mass is 16.2. The first-order valence-electron chi connectivity index (χ1n) is 4.83. The van der Waals surface area contributed by atoms with Crippen molar-refractivity contribution in [2.75, 3.05) is 31.2 Å². The van der Waals surface area contributed by atoms with Crippen molar-refractivity contribution in [1.29, 1.82) is 0 Å². The number of nitrogens with zero attached hydrogens (tertiary/aromatic N) is 2. The van der Waals surface area contributed by atoms with E-state index >= 15 is 0 Å². The van der Waals surface area contributed by atoms with Gasteiger partial charge in [-0.05, 0) is 13.0 Å². The van der Waals surface area contributed by atoms with Gasteiger partial charge in [0.2, 0.25) is 5.91 Å². The Kier molecular flexibility index (Phi) is 3.91. The molecule has 1 aromatic rings. The van der Waals surface area contributed by atoms with Gasteiger partial charge in [-0.2, -0.15) is 0 Å². The molecule has 1 heterocycles. The molecule has 0 unspecified atom stereocenters. The van der Waals surface area contributed by atoms with Crippen LogP contribution in [-0.2, 0) is 4.79 Å². The summed E-state index contributed by atoms with van der Waals surface area (Å²) in [5.74, 6) is 0.648. The van der Waals surface area contributed by atoms with Crippen molar-refractivity contribution in [3.05, 3.63) is 18.3 Å². The molecule has 0 aliphatic carbocycles. The van der Waals surface area contributed by atoms with Crippen LogP contribution in [0.1, 0.15) is 6.92 Å². The van der Waals surface area contributed by atoms with Crippen LogP contribution < -0.4 is 11.1 Å². The Morgan fingerprint density at radius 2 is 2.40 bits per heavy atom. The summed E-state index contributed by atoms with van der Waals surface area (Å²) >= 11 is 0. The molecule has 0 atom stereocenters. The van der Waals surface area contributed by atoms with Gasteiger partial charge in [0.1, 0.15) is 5.82 Å². The minimum absolute atomic E-state index is 0.0294. The molecule has 0 radical (unpaired) electrons. The maximum Gasteiger partial charge on any atom is 0.241 e. The number of nitrogens with two attached hydrogens (primary N) is 1. The van der Waals surface area contributed by atoms with E-state index in [0.717, 1.165) is 0 Å². The molecule has 1 rings (SSSR count). The summed E-state index contributed by atoms with van der Waals surface area (Å²) in [5.41, 5.74) is 6.20. The Balaban J connectivity index is 2.47. The lowest BCUT2D eigenvalue weighted by molar-refractivity contribution is -0.127. The van der Waals surface area contributed by atoms with Crippen molar-refractivity contribution < 1.29 is 4.79 Å². The van der Waals surface area contributed by atoms with Crippen molar-refractivity contribution in [2.24, 2.45) is 0 Å². The van der Waals surface area contributed by atoms with Crippen LogP contribution in [0.4, 0.5) is 11.5 Å². The number of carbonyl (C=O) groups is 1. The standard InChI is InChI=1S/C10H16N4O/c1-3-14(2)10(15)7-13-9-6-8(11)4-5-12-9/h4-6H,3,7H2,1-2H3,(H3,11,12,13). The van der Waals surface area contributed by atoms with Crippen LogP contribution in [0.2, 0.25) is 0 Å². The molecule has 0 saturated heterocycles. The third kappa shape index (κ3) is 3.46. The molecule has 82 valence electrons. The monoisotopic (exact) mass is 208 g/mol. The number of rotatable bonds is 4. The molecule has 15 heavy (non-hydrogen) atoms. The van der Waals surface area contributed by atoms with Crippen LogP contribution in [-0.4, -0.2) is 35.9 Å². The Hall–Kier alpha value is -1.78. The normalized spacial score (nSPS) is 9.73. The SMILES string of the molecule is CCN(C)C(=O)CNc1cc(N)ccn1. The van der Waals surface area contributed by atoms with Crippen molar-refractivity contribution in [3.8, 4) is 0 Å². The van der Waals surface area contributed by atoms with E-state index in [4.69, 9.17) is 5.73 Å². The zero-order valence-electron chi connectivity index (χ0n) is 9.03. The summed E-state index contributed by atoms with van der Waals surface area (Å²) in [6.45, 7) is 2.86. The Morgan fingerprint density at radius 1 is 1.67 bits per heavy atom. The number of hydrogen-bond donors (Lipinski definition) is 2. The van der Waals surface area contributed by atoms with Gasteiger partial charge in [0, 0.05) is 31.5 Å². The van der Waals surface area contributed by atoms with E-state index in [1.165, 1.54) is 0 Å². The van der Waals surface area contributed by atoms with Gasteiger partial charge in [0.05, 0.1) is 6.54 Å². The van der Waals surface area contributed by atoms with Gasteiger partial charge in [0.15, 0.2) is 0 Å². The van der Waals surface area contributed by atoms with E-state index in [9.17, 15) is 4.79 Å². The highest BCUT2D eigenvalue weighted by Gasteiger charge is 2.05. The van der Waals surface area contributed by atoms with E-state index in [1.54, 1.807) is 30.3 Å². The molecule has 0 aliphatic heterocycles. The van der Waals surface area contributed by atoms with Crippen LogP contribution in [0.15, 0.2) is 18.3 Å². The second-order valence-corrected chi connectivity index (χ2v) is 3.24. The van der Waals surface area contributed by atoms with Gasteiger partial charge in [0.25, 0.3) is 0 Å². The first-order chi connectivity index (χ1) is 7.13. The number of nitrogens with one attached hydrogen (secondary N) is 1. The number of nitrogen functional groups attached to an aromatic ring is 1. The second kappa shape index (κ2) is 5.19. The number of anilines is 2. The third-order valence-electron chi connectivity index (χ3n) is 2.10. The lowest BCUT2D eigenvalue weighted by atomic mass is 10.4. The molecule has 0 spiro atoms. The molecular weight excluding hydrogens is 192 g/mol. The lowest BCUT2D eigenvalue weighted by Crippen LogP contribution is -2.32. The fourth-order valence-electron chi connectivity index (χ4n) is 1.02. The van der Waals surface area contributed by atoms with E-state index in [-0.39, 0.29) is 12.5 Å². The molecule has 5 heteroatoms. The van der Waals surface area contributed by atoms with Gasteiger partial charge < -0.3 is 16.0 Å². The van der Waals surface area contributed by atoms with Crippen molar-refractivity contribution >= 4 is 17.4 Å². The van der Waals surface area contributed by atoms with Gasteiger partial charge in [-0.15, -0.1) is 0 Å². The van der Waals surface area contributed by atoms with E-state index in [1.807, 2.05) is 6.92 Å². The summed E-state index contributed by atoms with van der Waals surface area (Å²) in [6, 6.07) is 3.39. The second-order valence-electron chi connectivity index (χ2n) is 3.24. The Labute approximate surface area is 89.3 Å². The smallest absolute Gasteiger partial charge is 0.241 e. The topological polar surface area (TPSA) is 71.2 Å². The average Bonchev–Trinajstić information content (AvgIpc) is 2.25. The van der Waals surface area contributed by atoms with E-state index < -0.39 is 0 Å². The van der Waals surface area contributed by atoms with Crippen LogP contribution in [0.3, 0.4) is 0 Å². The largest absolute Gasteiger partial charge is 0.399 e. The van der Waals surface area contributed by atoms with Crippen LogP contribution in [0.25, 0.3) is 0 Å². The first kappa shape index (κ1) is 11.3. The molecule has 1 amide bonds. The summed E-state index contributed by atoms with van der Waals surface area (Å²) < 4.78 is 0. The summed E-state index contributed by atoms with van der Waals surface area (Å²) in [6.07, 6.45) is 1.60. The highest BCUT2D eigenvalue weighted by molar-refractivity contribution is 5.80. The minimum Gasteiger partial charge on any atom is -0.399 e. The maximum absolute atomic E-state index is 11.4. The fourth-order valence-corrected chi connectivity index (χ4v) is 1.02. The summed E-state index contributed by atoms with van der Waals surface area (Å²) in [5, 5.41) is 2.92. The van der Waals surface area contributed by atoms with Gasteiger partial charge in [-0.3, -0.25) is 4.79 Å². The number of pyridine rings is 1. The zero-order chi connectivity index (χ0) is 11.3.